The van der Waals surface area contributed by atoms with Crippen molar-refractivity contribution >= 4 is 17.4 Å². The predicted octanol–water partition coefficient (Wildman–Crippen LogP) is 0.954. The van der Waals surface area contributed by atoms with Crippen molar-refractivity contribution in [3.05, 3.63) is 48.5 Å². The van der Waals surface area contributed by atoms with Gasteiger partial charge < -0.3 is 31.5 Å². The summed E-state index contributed by atoms with van der Waals surface area (Å²) >= 11 is 0. The quantitative estimate of drug-likeness (QED) is 0.257. The topological polar surface area (TPSA) is 122 Å². The van der Waals surface area contributed by atoms with Gasteiger partial charge in [0.25, 0.3) is 0 Å². The number of nitrogen functional groups attached to an aromatic ring is 1. The molecule has 6 N–H and O–H groups in total. The molecule has 0 bridgehead atoms. The second kappa shape index (κ2) is 10.2. The van der Waals surface area contributed by atoms with E-state index in [1.165, 1.54) is 12.3 Å². The average molecular weight is 363 g/mol. The van der Waals surface area contributed by atoms with Crippen LogP contribution in [0.25, 0.3) is 0 Å². The third kappa shape index (κ3) is 6.91. The van der Waals surface area contributed by atoms with Crippen molar-refractivity contribution in [1.82, 2.24) is 15.6 Å². The van der Waals surface area contributed by atoms with Gasteiger partial charge in [0.2, 0.25) is 5.95 Å². The first-order chi connectivity index (χ1) is 12.5. The van der Waals surface area contributed by atoms with Crippen molar-refractivity contribution in [3.8, 4) is 5.75 Å². The van der Waals surface area contributed by atoms with Crippen molar-refractivity contribution in [3.63, 3.8) is 0 Å². The smallest absolute Gasteiger partial charge is 0.319 e. The number of carbonyl (C=O) groups is 1. The van der Waals surface area contributed by atoms with E-state index in [9.17, 15) is 14.3 Å². The highest BCUT2D eigenvalue weighted by atomic mass is 19.1. The fourth-order valence-electron chi connectivity index (χ4n) is 2.02. The molecule has 0 aliphatic carbocycles. The highest BCUT2D eigenvalue weighted by Gasteiger charge is 2.07. The van der Waals surface area contributed by atoms with Gasteiger partial charge in [0.1, 0.15) is 18.5 Å². The summed E-state index contributed by atoms with van der Waals surface area (Å²) in [6, 6.07) is 9.20. The number of rotatable bonds is 9. The number of para-hydroxylation sites is 2. The molecule has 2 aromatic rings. The lowest BCUT2D eigenvalue weighted by atomic mass is 10.3. The molecule has 0 fully saturated rings. The average Bonchev–Trinajstić information content (AvgIpc) is 2.62. The van der Waals surface area contributed by atoms with Crippen LogP contribution in [0.3, 0.4) is 0 Å². The molecule has 0 radical (unpaired) electrons. The van der Waals surface area contributed by atoms with Gasteiger partial charge in [-0.15, -0.1) is 0 Å². The van der Waals surface area contributed by atoms with Crippen LogP contribution in [-0.2, 0) is 0 Å². The van der Waals surface area contributed by atoms with Gasteiger partial charge in [-0.3, -0.25) is 0 Å². The Balaban J connectivity index is 1.54. The molecule has 0 aliphatic rings. The lowest BCUT2D eigenvalue weighted by molar-refractivity contribution is 0.107. The van der Waals surface area contributed by atoms with E-state index >= 15 is 0 Å². The molecule has 1 aromatic heterocycles. The number of hydrogen-bond acceptors (Lipinski definition) is 6. The summed E-state index contributed by atoms with van der Waals surface area (Å²) in [6.07, 6.45) is 0.511. The Hall–Kier alpha value is -2.91. The number of aromatic nitrogens is 1. The zero-order valence-electron chi connectivity index (χ0n) is 14.1. The van der Waals surface area contributed by atoms with E-state index in [1.807, 2.05) is 0 Å². The molecule has 9 heteroatoms. The molecule has 0 spiro atoms. The largest absolute Gasteiger partial charge is 0.489 e. The van der Waals surface area contributed by atoms with Crippen molar-refractivity contribution < 1.29 is 19.0 Å². The number of aliphatic hydroxyl groups excluding tert-OH is 1. The Labute approximate surface area is 150 Å². The molecule has 0 saturated heterocycles. The molecule has 26 heavy (non-hydrogen) atoms. The number of ether oxygens (including phenoxy) is 1. The lowest BCUT2D eigenvalue weighted by Crippen LogP contribution is -2.38. The minimum absolute atomic E-state index is 0.104. The monoisotopic (exact) mass is 363 g/mol. The van der Waals surface area contributed by atoms with Crippen LogP contribution < -0.4 is 26.4 Å². The van der Waals surface area contributed by atoms with Gasteiger partial charge in [0, 0.05) is 19.6 Å². The zero-order chi connectivity index (χ0) is 18.8. The number of benzene rings is 1. The number of pyridine rings is 1. The van der Waals surface area contributed by atoms with Gasteiger partial charge in [-0.05, 0) is 24.3 Å². The van der Waals surface area contributed by atoms with Gasteiger partial charge in [-0.25, -0.2) is 9.78 Å². The summed E-state index contributed by atoms with van der Waals surface area (Å²) in [5.41, 5.74) is 6.65. The van der Waals surface area contributed by atoms with Gasteiger partial charge in [-0.2, -0.15) is 4.39 Å². The maximum atomic E-state index is 12.7. The van der Waals surface area contributed by atoms with Gasteiger partial charge in [0.15, 0.2) is 0 Å². The summed E-state index contributed by atoms with van der Waals surface area (Å²) in [4.78, 5) is 15.1. The second-order valence-corrected chi connectivity index (χ2v) is 5.46. The zero-order valence-corrected chi connectivity index (χ0v) is 14.1. The van der Waals surface area contributed by atoms with Gasteiger partial charge in [-0.1, -0.05) is 12.1 Å². The molecule has 1 atom stereocenters. The first kappa shape index (κ1) is 19.4. The van der Waals surface area contributed by atoms with Crippen LogP contribution in [0.15, 0.2) is 42.6 Å². The van der Waals surface area contributed by atoms with Crippen LogP contribution in [0.5, 0.6) is 5.75 Å². The summed E-state index contributed by atoms with van der Waals surface area (Å²) in [7, 11) is 0. The fraction of sp³-hybridized carbons (Fsp3) is 0.294. The van der Waals surface area contributed by atoms with Crippen LogP contribution in [0.1, 0.15) is 0 Å². The molecule has 2 rings (SSSR count). The number of carbonyl (C=O) groups excluding carboxylic acids is 1. The molecule has 0 saturated carbocycles. The highest BCUT2D eigenvalue weighted by molar-refractivity contribution is 5.88. The number of halogens is 1. The predicted molar refractivity (Wildman–Crippen MR) is 96.4 cm³/mol. The first-order valence-corrected chi connectivity index (χ1v) is 8.07. The van der Waals surface area contributed by atoms with E-state index in [2.05, 4.69) is 20.9 Å². The standard InChI is InChI=1S/C17H22FN5O3/c18-16-6-5-12(9-22-16)23-17(25)21-8-7-20-10-13(24)11-26-15-4-2-1-3-14(15)19/h1-6,9,13,20,24H,7-8,10-11,19H2,(H2,21,23,25)/t13-/m0/s1. The first-order valence-electron chi connectivity index (χ1n) is 8.07. The Morgan fingerprint density at radius 1 is 1.27 bits per heavy atom. The third-order valence-corrected chi connectivity index (χ3v) is 3.30. The van der Waals surface area contributed by atoms with E-state index in [0.29, 0.717) is 36.8 Å². The number of amides is 2. The minimum atomic E-state index is -0.714. The van der Waals surface area contributed by atoms with Crippen molar-refractivity contribution in [2.24, 2.45) is 0 Å². The molecule has 140 valence electrons. The van der Waals surface area contributed by atoms with Crippen molar-refractivity contribution in [2.45, 2.75) is 6.10 Å². The summed E-state index contributed by atoms with van der Waals surface area (Å²) in [6.45, 7) is 1.21. The van der Waals surface area contributed by atoms with E-state index < -0.39 is 18.1 Å². The maximum Gasteiger partial charge on any atom is 0.319 e. The SMILES string of the molecule is Nc1ccccc1OC[C@@H](O)CNCCNC(=O)Nc1ccc(F)nc1. The van der Waals surface area contributed by atoms with Crippen LogP contribution in [0.4, 0.5) is 20.6 Å². The molecule has 0 unspecified atom stereocenters. The molecule has 2 amide bonds. The van der Waals surface area contributed by atoms with Crippen LogP contribution in [0.2, 0.25) is 0 Å². The van der Waals surface area contributed by atoms with Gasteiger partial charge >= 0.3 is 6.03 Å². The molecule has 1 aromatic carbocycles. The molecular weight excluding hydrogens is 341 g/mol. The Kier molecular flexibility index (Phi) is 7.59. The van der Waals surface area contributed by atoms with E-state index in [1.54, 1.807) is 24.3 Å². The number of nitrogens with zero attached hydrogens (tertiary/aromatic N) is 1. The number of nitrogens with two attached hydrogens (primary N) is 1. The number of anilines is 2. The van der Waals surface area contributed by atoms with E-state index in [0.717, 1.165) is 6.07 Å². The summed E-state index contributed by atoms with van der Waals surface area (Å²) in [5.74, 6) is -0.0854. The van der Waals surface area contributed by atoms with E-state index in [-0.39, 0.29) is 6.61 Å². The van der Waals surface area contributed by atoms with Gasteiger partial charge in [0.05, 0.1) is 17.6 Å². The normalized spacial score (nSPS) is 11.6. The lowest BCUT2D eigenvalue weighted by Gasteiger charge is -2.14. The fourth-order valence-corrected chi connectivity index (χ4v) is 2.02. The Bertz CT molecular complexity index is 699. The Morgan fingerprint density at radius 2 is 2.08 bits per heavy atom. The highest BCUT2D eigenvalue weighted by Crippen LogP contribution is 2.19. The van der Waals surface area contributed by atoms with Crippen molar-refractivity contribution in [2.75, 3.05) is 37.3 Å². The number of urea groups is 1. The van der Waals surface area contributed by atoms with Crippen LogP contribution in [-0.4, -0.2) is 48.5 Å². The molecular formula is C17H22FN5O3. The molecule has 8 nitrogen and oxygen atoms in total. The van der Waals surface area contributed by atoms with Crippen LogP contribution >= 0.6 is 0 Å². The summed E-state index contributed by atoms with van der Waals surface area (Å²) < 4.78 is 18.1. The van der Waals surface area contributed by atoms with Crippen molar-refractivity contribution in [1.29, 1.82) is 0 Å². The van der Waals surface area contributed by atoms with Crippen LogP contribution in [0, 0.1) is 5.95 Å². The second-order valence-electron chi connectivity index (χ2n) is 5.46. The number of nitrogens with one attached hydrogen (secondary N) is 3. The molecule has 1 heterocycles. The van der Waals surface area contributed by atoms with E-state index in [4.69, 9.17) is 10.5 Å². The third-order valence-electron chi connectivity index (χ3n) is 3.30. The number of hydrogen-bond donors (Lipinski definition) is 5. The summed E-state index contributed by atoms with van der Waals surface area (Å²) in [5, 5.41) is 18.0. The molecule has 0 aliphatic heterocycles. The maximum absolute atomic E-state index is 12.7. The Morgan fingerprint density at radius 3 is 2.81 bits per heavy atom. The number of aliphatic hydroxyl groups is 1. The minimum Gasteiger partial charge on any atom is -0.489 e.